The van der Waals surface area contributed by atoms with Gasteiger partial charge in [-0.15, -0.1) is 0 Å². The van der Waals surface area contributed by atoms with E-state index in [1.54, 1.807) is 22.9 Å². The predicted octanol–water partition coefficient (Wildman–Crippen LogP) is 4.96. The van der Waals surface area contributed by atoms with Gasteiger partial charge in [-0.25, -0.2) is 18.3 Å². The van der Waals surface area contributed by atoms with Crippen LogP contribution in [0.15, 0.2) is 36.4 Å². The van der Waals surface area contributed by atoms with E-state index >= 15 is 0 Å². The van der Waals surface area contributed by atoms with E-state index in [2.05, 4.69) is 0 Å². The number of rotatable bonds is 6. The van der Waals surface area contributed by atoms with Gasteiger partial charge < -0.3 is 19.9 Å². The molecule has 1 aliphatic rings. The van der Waals surface area contributed by atoms with E-state index in [1.165, 1.54) is 38.5 Å². The van der Waals surface area contributed by atoms with E-state index in [0.29, 0.717) is 53.9 Å². The van der Waals surface area contributed by atoms with Crippen LogP contribution in [0.3, 0.4) is 0 Å². The Kier molecular flexibility index (Phi) is 6.87. The largest absolute Gasteiger partial charge is 0.494 e. The molecule has 4 rings (SSSR count). The summed E-state index contributed by atoms with van der Waals surface area (Å²) in [4.78, 5) is 11.1. The van der Waals surface area contributed by atoms with Gasteiger partial charge in [0, 0.05) is 5.56 Å². The van der Waals surface area contributed by atoms with Crippen molar-refractivity contribution in [2.75, 3.05) is 14.2 Å². The number of ether oxygens (including phenoxy) is 3. The topological polar surface area (TPSA) is 112 Å². The molecule has 1 aliphatic carbocycles. The highest BCUT2D eigenvalue weighted by Gasteiger charge is 2.31. The van der Waals surface area contributed by atoms with E-state index in [4.69, 9.17) is 30.3 Å². The normalized spacial score (nSPS) is 17.5. The van der Waals surface area contributed by atoms with E-state index in [-0.39, 0.29) is 23.5 Å². The van der Waals surface area contributed by atoms with E-state index in [9.17, 15) is 13.6 Å². The number of nitrogens with zero attached hydrogens (tertiary/aromatic N) is 3. The van der Waals surface area contributed by atoms with E-state index in [0.717, 1.165) is 0 Å². The quantitative estimate of drug-likeness (QED) is 0.531. The molecule has 2 aromatic carbocycles. The van der Waals surface area contributed by atoms with Crippen LogP contribution in [-0.2, 0) is 4.74 Å². The van der Waals surface area contributed by atoms with Crippen molar-refractivity contribution in [2.24, 2.45) is 5.73 Å². The first-order valence-corrected chi connectivity index (χ1v) is 11.0. The number of nitriles is 1. The number of primary amides is 1. The number of amides is 1. The van der Waals surface area contributed by atoms with Crippen LogP contribution in [0, 0.1) is 23.0 Å². The molecule has 0 spiro atoms. The van der Waals surface area contributed by atoms with Gasteiger partial charge in [-0.3, -0.25) is 0 Å². The van der Waals surface area contributed by atoms with Crippen LogP contribution >= 0.6 is 0 Å². The van der Waals surface area contributed by atoms with Crippen molar-refractivity contribution in [2.45, 2.75) is 37.8 Å². The monoisotopic (exact) mass is 482 g/mol. The number of methoxy groups -OCH3 is 2. The average Bonchev–Trinajstić information content (AvgIpc) is 3.23. The fourth-order valence-corrected chi connectivity index (χ4v) is 4.47. The number of hydrogen-bond acceptors (Lipinski definition) is 6. The lowest BCUT2D eigenvalue weighted by Gasteiger charge is -2.28. The molecule has 2 N–H and O–H groups in total. The van der Waals surface area contributed by atoms with Crippen molar-refractivity contribution >= 4 is 6.09 Å². The van der Waals surface area contributed by atoms with Gasteiger partial charge in [0.25, 0.3) is 0 Å². The molecule has 0 atom stereocenters. The highest BCUT2D eigenvalue weighted by molar-refractivity contribution is 5.85. The van der Waals surface area contributed by atoms with Gasteiger partial charge in [-0.1, -0.05) is 12.1 Å². The molecule has 1 aromatic heterocycles. The molecule has 182 valence electrons. The predicted molar refractivity (Wildman–Crippen MR) is 123 cm³/mol. The standard InChI is InChI=1S/C25H24F2N4O4/c1-33-21-10-5-14(11-20(21)27)22-23(15-3-4-16(13-28)19(26)12-15)30-31(24(22)34-2)17-6-8-18(9-7-17)35-25(29)32/h3-5,10-12,17-18H,6-9H2,1-2H3,(H2,29,32). The Balaban J connectivity index is 1.83. The summed E-state index contributed by atoms with van der Waals surface area (Å²) < 4.78 is 46.8. The second-order valence-corrected chi connectivity index (χ2v) is 8.20. The molecular weight excluding hydrogens is 458 g/mol. The second-order valence-electron chi connectivity index (χ2n) is 8.20. The number of halogens is 2. The summed E-state index contributed by atoms with van der Waals surface area (Å²) in [6.45, 7) is 0. The Hall–Kier alpha value is -4.13. The number of benzene rings is 2. The molecule has 0 bridgehead atoms. The van der Waals surface area contributed by atoms with Gasteiger partial charge >= 0.3 is 6.09 Å². The number of carbonyl (C=O) groups is 1. The minimum Gasteiger partial charge on any atom is -0.494 e. The Morgan fingerprint density at radius 2 is 1.74 bits per heavy atom. The molecule has 0 radical (unpaired) electrons. The Labute approximate surface area is 200 Å². The van der Waals surface area contributed by atoms with Crippen LogP contribution in [0.1, 0.15) is 37.3 Å². The lowest BCUT2D eigenvalue weighted by atomic mass is 9.93. The molecule has 3 aromatic rings. The van der Waals surface area contributed by atoms with Crippen LogP contribution in [0.25, 0.3) is 22.4 Å². The van der Waals surface area contributed by atoms with Crippen molar-refractivity contribution in [3.05, 3.63) is 53.6 Å². The van der Waals surface area contributed by atoms with E-state index < -0.39 is 17.7 Å². The fourth-order valence-electron chi connectivity index (χ4n) is 4.47. The van der Waals surface area contributed by atoms with Crippen LogP contribution in [0.5, 0.6) is 11.6 Å². The first kappa shape index (κ1) is 24.0. The van der Waals surface area contributed by atoms with Gasteiger partial charge in [-0.05, 0) is 55.5 Å². The lowest BCUT2D eigenvalue weighted by molar-refractivity contribution is 0.0697. The average molecular weight is 482 g/mol. The number of aromatic nitrogens is 2. The molecule has 10 heteroatoms. The smallest absolute Gasteiger partial charge is 0.404 e. The summed E-state index contributed by atoms with van der Waals surface area (Å²) in [5.74, 6) is -0.789. The fraction of sp³-hybridized carbons (Fsp3) is 0.320. The van der Waals surface area contributed by atoms with Crippen molar-refractivity contribution < 1.29 is 27.8 Å². The minimum atomic E-state index is -0.806. The first-order valence-electron chi connectivity index (χ1n) is 11.0. The molecule has 0 aliphatic heterocycles. The maximum absolute atomic E-state index is 14.6. The zero-order valence-electron chi connectivity index (χ0n) is 19.3. The molecule has 1 heterocycles. The molecule has 35 heavy (non-hydrogen) atoms. The molecule has 0 saturated heterocycles. The minimum absolute atomic E-state index is 0.0823. The van der Waals surface area contributed by atoms with Gasteiger partial charge in [-0.2, -0.15) is 10.4 Å². The van der Waals surface area contributed by atoms with Crippen LogP contribution < -0.4 is 15.2 Å². The van der Waals surface area contributed by atoms with Gasteiger partial charge in [0.15, 0.2) is 11.6 Å². The van der Waals surface area contributed by atoms with Crippen LogP contribution in [0.4, 0.5) is 13.6 Å². The zero-order chi connectivity index (χ0) is 25.1. The second kappa shape index (κ2) is 10.0. The van der Waals surface area contributed by atoms with Crippen molar-refractivity contribution in [3.8, 4) is 40.1 Å². The summed E-state index contributed by atoms with van der Waals surface area (Å²) in [7, 11) is 2.86. The molecule has 1 amide bonds. The SMILES string of the molecule is COc1ccc(-c2c(-c3ccc(C#N)c(F)c3)nn(C3CCC(OC(N)=O)CC3)c2OC)cc1F. The van der Waals surface area contributed by atoms with Gasteiger partial charge in [0.2, 0.25) is 5.88 Å². The third kappa shape index (κ3) is 4.75. The first-order chi connectivity index (χ1) is 16.9. The summed E-state index contributed by atoms with van der Waals surface area (Å²) in [5, 5.41) is 13.9. The summed E-state index contributed by atoms with van der Waals surface area (Å²) >= 11 is 0. The van der Waals surface area contributed by atoms with Crippen molar-refractivity contribution in [1.29, 1.82) is 5.26 Å². The van der Waals surface area contributed by atoms with Gasteiger partial charge in [0.1, 0.15) is 23.7 Å². The highest BCUT2D eigenvalue weighted by Crippen LogP contribution is 2.44. The maximum Gasteiger partial charge on any atom is 0.404 e. The van der Waals surface area contributed by atoms with Crippen LogP contribution in [0.2, 0.25) is 0 Å². The molecule has 1 saturated carbocycles. The summed E-state index contributed by atoms with van der Waals surface area (Å²) in [6, 6.07) is 10.4. The maximum atomic E-state index is 14.6. The van der Waals surface area contributed by atoms with E-state index in [1.807, 2.05) is 0 Å². The third-order valence-electron chi connectivity index (χ3n) is 6.14. The van der Waals surface area contributed by atoms with Crippen LogP contribution in [-0.4, -0.2) is 36.2 Å². The molecule has 8 nitrogen and oxygen atoms in total. The number of hydrogen-bond donors (Lipinski definition) is 1. The Morgan fingerprint density at radius 1 is 1.06 bits per heavy atom. The molecular formula is C25H24F2N4O4. The van der Waals surface area contributed by atoms with Gasteiger partial charge in [0.05, 0.1) is 31.4 Å². The number of carbonyl (C=O) groups excluding carboxylic acids is 1. The molecule has 0 unspecified atom stereocenters. The summed E-state index contributed by atoms with van der Waals surface area (Å²) in [6.07, 6.45) is 1.36. The zero-order valence-corrected chi connectivity index (χ0v) is 19.3. The summed E-state index contributed by atoms with van der Waals surface area (Å²) in [5.41, 5.74) is 6.79. The molecule has 1 fully saturated rings. The van der Waals surface area contributed by atoms with Crippen molar-refractivity contribution in [3.63, 3.8) is 0 Å². The van der Waals surface area contributed by atoms with Crippen molar-refractivity contribution in [1.82, 2.24) is 9.78 Å². The lowest BCUT2D eigenvalue weighted by Crippen LogP contribution is -2.28. The Bertz CT molecular complexity index is 1290. The number of nitrogens with two attached hydrogens (primary N) is 1. The highest BCUT2D eigenvalue weighted by atomic mass is 19.1. The Morgan fingerprint density at radius 3 is 2.31 bits per heavy atom. The third-order valence-corrected chi connectivity index (χ3v) is 6.14.